The van der Waals surface area contributed by atoms with Crippen molar-refractivity contribution >= 4 is 0 Å². The first-order valence-corrected chi connectivity index (χ1v) is 7.06. The Morgan fingerprint density at radius 2 is 1.69 bits per heavy atom. The van der Waals surface area contributed by atoms with Crippen molar-refractivity contribution in [2.24, 2.45) is 5.73 Å². The maximum atomic E-state index is 5.84. The maximum absolute atomic E-state index is 5.84. The molecule has 0 amide bonds. The normalized spacial score (nSPS) is 28.7. The average Bonchev–Trinajstić information content (AvgIpc) is 2.83. The summed E-state index contributed by atoms with van der Waals surface area (Å²) in [5, 5.41) is 0. The Labute approximate surface area is 100.0 Å². The molecule has 94 valence electrons. The van der Waals surface area contributed by atoms with Gasteiger partial charge in [0, 0.05) is 12.6 Å². The molecule has 0 saturated carbocycles. The Bertz CT molecular complexity index is 190. The number of hydrogen-bond acceptors (Lipinski definition) is 3. The third-order valence-electron chi connectivity index (χ3n) is 4.14. The highest BCUT2D eigenvalue weighted by molar-refractivity contribution is 4.78. The zero-order chi connectivity index (χ0) is 11.2. The Hall–Kier alpha value is -0.120. The summed E-state index contributed by atoms with van der Waals surface area (Å²) in [6.45, 7) is 7.36. The highest BCUT2D eigenvalue weighted by Crippen LogP contribution is 2.16. The van der Waals surface area contributed by atoms with E-state index in [1.54, 1.807) is 0 Å². The summed E-state index contributed by atoms with van der Waals surface area (Å²) >= 11 is 0. The molecular formula is C13H27N3. The van der Waals surface area contributed by atoms with Crippen molar-refractivity contribution in [3.8, 4) is 0 Å². The van der Waals surface area contributed by atoms with E-state index in [1.165, 1.54) is 71.2 Å². The van der Waals surface area contributed by atoms with Gasteiger partial charge in [-0.2, -0.15) is 0 Å². The summed E-state index contributed by atoms with van der Waals surface area (Å²) in [5.41, 5.74) is 5.84. The fourth-order valence-corrected chi connectivity index (χ4v) is 3.12. The largest absolute Gasteiger partial charge is 0.329 e. The Balaban J connectivity index is 1.63. The fourth-order valence-electron chi connectivity index (χ4n) is 3.12. The van der Waals surface area contributed by atoms with E-state index in [4.69, 9.17) is 5.73 Å². The predicted octanol–water partition coefficient (Wildman–Crippen LogP) is 1.29. The lowest BCUT2D eigenvalue weighted by atomic mass is 10.0. The van der Waals surface area contributed by atoms with Gasteiger partial charge >= 0.3 is 0 Å². The number of likely N-dealkylation sites (tertiary alicyclic amines) is 2. The Morgan fingerprint density at radius 1 is 0.938 bits per heavy atom. The summed E-state index contributed by atoms with van der Waals surface area (Å²) in [6, 6.07) is 0.673. The second-order valence-electron chi connectivity index (χ2n) is 5.32. The van der Waals surface area contributed by atoms with Gasteiger partial charge in [0.05, 0.1) is 0 Å². The van der Waals surface area contributed by atoms with E-state index in [-0.39, 0.29) is 0 Å². The predicted molar refractivity (Wildman–Crippen MR) is 68.6 cm³/mol. The van der Waals surface area contributed by atoms with Gasteiger partial charge in [-0.1, -0.05) is 6.42 Å². The van der Waals surface area contributed by atoms with Gasteiger partial charge in [-0.25, -0.2) is 0 Å². The smallest absolute Gasteiger partial charge is 0.0218 e. The van der Waals surface area contributed by atoms with Crippen LogP contribution in [0.3, 0.4) is 0 Å². The highest BCUT2D eigenvalue weighted by atomic mass is 15.2. The van der Waals surface area contributed by atoms with Crippen molar-refractivity contribution in [1.29, 1.82) is 0 Å². The molecule has 2 aliphatic rings. The lowest BCUT2D eigenvalue weighted by Crippen LogP contribution is -2.45. The second kappa shape index (κ2) is 6.58. The van der Waals surface area contributed by atoms with E-state index in [1.807, 2.05) is 0 Å². The first-order chi connectivity index (χ1) is 7.90. The minimum atomic E-state index is 0.673. The van der Waals surface area contributed by atoms with Crippen molar-refractivity contribution in [2.75, 3.05) is 39.3 Å². The minimum Gasteiger partial charge on any atom is -0.329 e. The van der Waals surface area contributed by atoms with E-state index in [0.717, 1.165) is 6.54 Å². The van der Waals surface area contributed by atoms with Crippen LogP contribution in [-0.4, -0.2) is 55.1 Å². The first kappa shape index (κ1) is 12.3. The standard InChI is InChI=1S/C13H27N3/c14-12-13-6-1-2-10-16(13)11-5-9-15-7-3-4-8-15/h13H,1-12,14H2. The van der Waals surface area contributed by atoms with Crippen LogP contribution in [0.1, 0.15) is 38.5 Å². The molecule has 0 spiro atoms. The second-order valence-corrected chi connectivity index (χ2v) is 5.32. The molecule has 0 radical (unpaired) electrons. The van der Waals surface area contributed by atoms with Crippen LogP contribution in [0.4, 0.5) is 0 Å². The number of rotatable bonds is 5. The molecule has 1 atom stereocenters. The van der Waals surface area contributed by atoms with Gasteiger partial charge in [0.15, 0.2) is 0 Å². The van der Waals surface area contributed by atoms with E-state index in [2.05, 4.69) is 9.80 Å². The van der Waals surface area contributed by atoms with E-state index in [0.29, 0.717) is 6.04 Å². The summed E-state index contributed by atoms with van der Waals surface area (Å²) in [4.78, 5) is 5.24. The monoisotopic (exact) mass is 225 g/mol. The van der Waals surface area contributed by atoms with Crippen LogP contribution in [0, 0.1) is 0 Å². The van der Waals surface area contributed by atoms with Crippen LogP contribution in [-0.2, 0) is 0 Å². The van der Waals surface area contributed by atoms with Crippen molar-refractivity contribution < 1.29 is 0 Å². The van der Waals surface area contributed by atoms with Gasteiger partial charge in [0.2, 0.25) is 0 Å². The lowest BCUT2D eigenvalue weighted by Gasteiger charge is -2.35. The van der Waals surface area contributed by atoms with Crippen LogP contribution in [0.5, 0.6) is 0 Å². The van der Waals surface area contributed by atoms with Gasteiger partial charge in [0.25, 0.3) is 0 Å². The number of nitrogens with two attached hydrogens (primary N) is 1. The molecular weight excluding hydrogens is 198 g/mol. The van der Waals surface area contributed by atoms with Crippen molar-refractivity contribution in [1.82, 2.24) is 9.80 Å². The summed E-state index contributed by atoms with van der Waals surface area (Å²) in [5.74, 6) is 0. The maximum Gasteiger partial charge on any atom is 0.0218 e. The van der Waals surface area contributed by atoms with E-state index in [9.17, 15) is 0 Å². The van der Waals surface area contributed by atoms with Crippen LogP contribution in [0.2, 0.25) is 0 Å². The van der Waals surface area contributed by atoms with Gasteiger partial charge in [-0.15, -0.1) is 0 Å². The van der Waals surface area contributed by atoms with Gasteiger partial charge in [-0.3, -0.25) is 4.90 Å². The zero-order valence-electron chi connectivity index (χ0n) is 10.5. The topological polar surface area (TPSA) is 32.5 Å². The third kappa shape index (κ3) is 3.44. The SMILES string of the molecule is NCC1CCCCN1CCCN1CCCC1. The molecule has 1 unspecified atom stereocenters. The number of piperidine rings is 1. The van der Waals surface area contributed by atoms with E-state index < -0.39 is 0 Å². The lowest BCUT2D eigenvalue weighted by molar-refractivity contribution is 0.145. The number of nitrogens with zero attached hydrogens (tertiary/aromatic N) is 2. The van der Waals surface area contributed by atoms with Crippen LogP contribution in [0.15, 0.2) is 0 Å². The average molecular weight is 225 g/mol. The third-order valence-corrected chi connectivity index (χ3v) is 4.14. The highest BCUT2D eigenvalue weighted by Gasteiger charge is 2.20. The molecule has 2 N–H and O–H groups in total. The van der Waals surface area contributed by atoms with Crippen molar-refractivity contribution in [2.45, 2.75) is 44.6 Å². The summed E-state index contributed by atoms with van der Waals surface area (Å²) in [7, 11) is 0. The summed E-state index contributed by atoms with van der Waals surface area (Å²) < 4.78 is 0. The molecule has 2 aliphatic heterocycles. The quantitative estimate of drug-likeness (QED) is 0.765. The molecule has 0 aromatic heterocycles. The van der Waals surface area contributed by atoms with Gasteiger partial charge in [0.1, 0.15) is 0 Å². The molecule has 0 bridgehead atoms. The van der Waals surface area contributed by atoms with Gasteiger partial charge < -0.3 is 10.6 Å². The molecule has 0 aromatic rings. The number of hydrogen-bond donors (Lipinski definition) is 1. The molecule has 2 saturated heterocycles. The van der Waals surface area contributed by atoms with Crippen molar-refractivity contribution in [3.05, 3.63) is 0 Å². The molecule has 2 heterocycles. The molecule has 2 rings (SSSR count). The fraction of sp³-hybridized carbons (Fsp3) is 1.00. The van der Waals surface area contributed by atoms with Gasteiger partial charge in [-0.05, 0) is 64.8 Å². The summed E-state index contributed by atoms with van der Waals surface area (Å²) in [6.07, 6.45) is 8.23. The van der Waals surface area contributed by atoms with Crippen LogP contribution in [0.25, 0.3) is 0 Å². The molecule has 2 fully saturated rings. The molecule has 3 nitrogen and oxygen atoms in total. The van der Waals surface area contributed by atoms with Crippen molar-refractivity contribution in [3.63, 3.8) is 0 Å². The van der Waals surface area contributed by atoms with E-state index >= 15 is 0 Å². The zero-order valence-corrected chi connectivity index (χ0v) is 10.5. The molecule has 16 heavy (non-hydrogen) atoms. The Kier molecular flexibility index (Phi) is 5.07. The minimum absolute atomic E-state index is 0.673. The molecule has 0 aliphatic carbocycles. The Morgan fingerprint density at radius 3 is 2.44 bits per heavy atom. The van der Waals surface area contributed by atoms with Crippen LogP contribution < -0.4 is 5.73 Å². The molecule has 3 heteroatoms. The molecule has 0 aromatic carbocycles. The van der Waals surface area contributed by atoms with Crippen LogP contribution >= 0.6 is 0 Å². The first-order valence-electron chi connectivity index (χ1n) is 7.06.